The maximum atomic E-state index is 8.25. The summed E-state index contributed by atoms with van der Waals surface area (Å²) in [5, 5.41) is 3.67. The van der Waals surface area contributed by atoms with Crippen molar-refractivity contribution in [1.29, 1.82) is 0 Å². The van der Waals surface area contributed by atoms with Crippen molar-refractivity contribution in [2.75, 3.05) is 0 Å². The number of benzene rings is 4. The molecule has 0 atom stereocenters. The molecule has 152 valence electrons. The normalized spacial score (nSPS) is 12.9. The predicted octanol–water partition coefficient (Wildman–Crippen LogP) is 6.80. The topological polar surface area (TPSA) is 0 Å². The minimum atomic E-state index is -3.31. The van der Waals surface area contributed by atoms with Crippen LogP contribution in [0, 0.1) is 20.8 Å². The van der Waals surface area contributed by atoms with Gasteiger partial charge in [-0.25, -0.2) is 0 Å². The monoisotopic (exact) mass is 430 g/mol. The second kappa shape index (κ2) is 8.03. The predicted molar refractivity (Wildman–Crippen MR) is 135 cm³/mol. The Morgan fingerprint density at radius 1 is 0.533 bits per heavy atom. The first-order valence-electron chi connectivity index (χ1n) is 10.4. The van der Waals surface area contributed by atoms with E-state index in [1.54, 1.807) is 0 Å². The summed E-state index contributed by atoms with van der Waals surface area (Å²) in [4.78, 5) is 0. The van der Waals surface area contributed by atoms with Gasteiger partial charge in [-0.1, -0.05) is 0 Å². The van der Waals surface area contributed by atoms with Gasteiger partial charge in [-0.15, -0.1) is 0 Å². The van der Waals surface area contributed by atoms with Crippen LogP contribution in [0.1, 0.15) is 22.3 Å². The molecule has 0 spiro atoms. The van der Waals surface area contributed by atoms with Crippen LogP contribution in [-0.2, 0) is 6.16 Å². The van der Waals surface area contributed by atoms with Crippen molar-refractivity contribution in [3.63, 3.8) is 0 Å². The molecule has 0 unspecified atom stereocenters. The molecule has 0 bridgehead atoms. The van der Waals surface area contributed by atoms with E-state index in [0.29, 0.717) is 0 Å². The minimum absolute atomic E-state index is 0.782. The van der Waals surface area contributed by atoms with Crippen LogP contribution in [0.4, 0.5) is 0 Å². The Labute approximate surface area is 185 Å². The van der Waals surface area contributed by atoms with E-state index in [1.165, 1.54) is 38.2 Å². The molecule has 0 N–H and O–H groups in total. The molecule has 0 saturated carbocycles. The van der Waals surface area contributed by atoms with Crippen LogP contribution in [0.5, 0.6) is 0 Å². The summed E-state index contributed by atoms with van der Waals surface area (Å²) in [6.45, 7) is 6.45. The van der Waals surface area contributed by atoms with Crippen molar-refractivity contribution in [2.45, 2.75) is 26.9 Å². The summed E-state index contributed by atoms with van der Waals surface area (Å²) < 4.78 is 0. The van der Waals surface area contributed by atoms with Crippen molar-refractivity contribution < 1.29 is 0 Å². The summed E-state index contributed by atoms with van der Waals surface area (Å²) >= 11 is 8.25. The van der Waals surface area contributed by atoms with Gasteiger partial charge in [0, 0.05) is 0 Å². The number of aryl methyl sites for hydroxylation is 3. The third-order valence-electron chi connectivity index (χ3n) is 5.94. The Hall–Kier alpha value is -2.40. The van der Waals surface area contributed by atoms with E-state index in [9.17, 15) is 0 Å². The van der Waals surface area contributed by atoms with E-state index in [2.05, 4.69) is 124 Å². The molecule has 0 fully saturated rings. The molecular formula is C28H28ClP. The number of hydrogen-bond acceptors (Lipinski definition) is 0. The maximum absolute atomic E-state index is 8.25. The summed E-state index contributed by atoms with van der Waals surface area (Å²) in [7, 11) is 0. The fourth-order valence-corrected chi connectivity index (χ4v) is 10.7. The van der Waals surface area contributed by atoms with Crippen molar-refractivity contribution in [2.24, 2.45) is 0 Å². The average Bonchev–Trinajstić information content (AvgIpc) is 2.74. The number of rotatable bonds is 5. The Morgan fingerprint density at radius 2 is 0.933 bits per heavy atom. The fourth-order valence-electron chi connectivity index (χ4n) is 4.40. The van der Waals surface area contributed by atoms with Gasteiger partial charge in [0.25, 0.3) is 0 Å². The second-order valence-corrected chi connectivity index (χ2v) is 14.8. The van der Waals surface area contributed by atoms with Crippen LogP contribution < -0.4 is 15.9 Å². The van der Waals surface area contributed by atoms with Gasteiger partial charge in [0.05, 0.1) is 0 Å². The van der Waals surface area contributed by atoms with E-state index in [-0.39, 0.29) is 0 Å². The molecule has 0 radical (unpaired) electrons. The standard InChI is InChI=1S/C28H28ClP/c1-22-10-7-15-26(18-22)30(29,21-25-13-5-4-6-14-25,27-16-8-11-23(2)19-27)28-17-9-12-24(3)20-28/h4-20H,21H2,1-3H3. The van der Waals surface area contributed by atoms with E-state index in [1.807, 2.05) is 0 Å². The Balaban J connectivity index is 2.15. The van der Waals surface area contributed by atoms with Crippen LogP contribution in [0.3, 0.4) is 0 Å². The molecule has 0 aliphatic rings. The zero-order valence-electron chi connectivity index (χ0n) is 17.8. The zero-order valence-corrected chi connectivity index (χ0v) is 19.5. The van der Waals surface area contributed by atoms with Gasteiger partial charge in [0.15, 0.2) is 0 Å². The molecule has 0 nitrogen and oxygen atoms in total. The summed E-state index contributed by atoms with van der Waals surface area (Å²) in [6.07, 6.45) is 0.782. The number of halogens is 1. The first-order chi connectivity index (χ1) is 14.4. The Kier molecular flexibility index (Phi) is 5.58. The second-order valence-electron chi connectivity index (χ2n) is 8.34. The molecule has 0 aliphatic heterocycles. The zero-order chi connectivity index (χ0) is 21.2. The van der Waals surface area contributed by atoms with E-state index < -0.39 is 5.96 Å². The fraction of sp³-hybridized carbons (Fsp3) is 0.143. The van der Waals surface area contributed by atoms with Crippen molar-refractivity contribution in [3.8, 4) is 0 Å². The molecule has 0 aromatic heterocycles. The van der Waals surface area contributed by atoms with Gasteiger partial charge < -0.3 is 0 Å². The average molecular weight is 431 g/mol. The Bertz CT molecular complexity index is 1070. The van der Waals surface area contributed by atoms with Gasteiger partial charge in [-0.3, -0.25) is 0 Å². The molecule has 4 rings (SSSR count). The van der Waals surface area contributed by atoms with Crippen LogP contribution in [0.15, 0.2) is 103 Å². The Morgan fingerprint density at radius 3 is 1.30 bits per heavy atom. The van der Waals surface area contributed by atoms with E-state index in [0.717, 1.165) is 6.16 Å². The third kappa shape index (κ3) is 3.60. The van der Waals surface area contributed by atoms with E-state index >= 15 is 0 Å². The summed E-state index contributed by atoms with van der Waals surface area (Å²) in [5.41, 5.74) is 4.95. The molecule has 0 amide bonds. The first-order valence-corrected chi connectivity index (χ1v) is 13.7. The summed E-state index contributed by atoms with van der Waals surface area (Å²) in [5.74, 6) is -3.31. The van der Waals surface area contributed by atoms with Crippen molar-refractivity contribution in [3.05, 3.63) is 125 Å². The molecule has 30 heavy (non-hydrogen) atoms. The van der Waals surface area contributed by atoms with E-state index in [4.69, 9.17) is 11.2 Å². The van der Waals surface area contributed by atoms with Crippen molar-refractivity contribution >= 4 is 33.1 Å². The van der Waals surface area contributed by atoms with Crippen molar-refractivity contribution in [1.82, 2.24) is 0 Å². The van der Waals surface area contributed by atoms with Crippen LogP contribution >= 0.6 is 17.2 Å². The molecule has 0 aliphatic carbocycles. The third-order valence-corrected chi connectivity index (χ3v) is 13.1. The molecule has 2 heteroatoms. The van der Waals surface area contributed by atoms with Gasteiger partial charge in [0.2, 0.25) is 0 Å². The van der Waals surface area contributed by atoms with Gasteiger partial charge >= 0.3 is 185 Å². The van der Waals surface area contributed by atoms with Gasteiger partial charge in [-0.05, 0) is 0 Å². The number of hydrogen-bond donors (Lipinski definition) is 0. The van der Waals surface area contributed by atoms with Crippen LogP contribution in [0.2, 0.25) is 0 Å². The SMILES string of the molecule is Cc1cccc(P(Cl)(Cc2ccccc2)(c2cccc(C)c2)c2cccc(C)c2)c1. The molecular weight excluding hydrogens is 403 g/mol. The molecule has 0 saturated heterocycles. The molecule has 4 aromatic rings. The van der Waals surface area contributed by atoms with Crippen LogP contribution in [0.25, 0.3) is 0 Å². The first kappa shape index (κ1) is 20.9. The quantitative estimate of drug-likeness (QED) is 0.305. The molecule has 4 aromatic carbocycles. The van der Waals surface area contributed by atoms with Gasteiger partial charge in [0.1, 0.15) is 0 Å². The molecule has 0 heterocycles. The van der Waals surface area contributed by atoms with Gasteiger partial charge in [-0.2, -0.15) is 0 Å². The summed E-state index contributed by atoms with van der Waals surface area (Å²) in [6, 6.07) is 37.1. The van der Waals surface area contributed by atoms with Crippen LogP contribution in [-0.4, -0.2) is 0 Å².